The quantitative estimate of drug-likeness (QED) is 0.399. The molecule has 150 valence electrons. The Morgan fingerprint density at radius 3 is 2.57 bits per heavy atom. The Bertz CT molecular complexity index is 1340. The van der Waals surface area contributed by atoms with E-state index in [0.717, 1.165) is 22.0 Å². The Morgan fingerprint density at radius 2 is 1.83 bits per heavy atom. The van der Waals surface area contributed by atoms with Crippen molar-refractivity contribution in [1.82, 2.24) is 19.2 Å². The number of carbonyl (C=O) groups excluding carboxylic acids is 1. The van der Waals surface area contributed by atoms with Crippen molar-refractivity contribution in [3.05, 3.63) is 72.1 Å². The summed E-state index contributed by atoms with van der Waals surface area (Å²) in [5.41, 5.74) is 3.91. The van der Waals surface area contributed by atoms with E-state index in [1.165, 1.54) is 18.4 Å². The molecule has 0 fully saturated rings. The third-order valence-electron chi connectivity index (χ3n) is 4.99. The van der Waals surface area contributed by atoms with E-state index in [0.29, 0.717) is 28.1 Å². The minimum Gasteiger partial charge on any atom is -0.472 e. The number of fused-ring (bicyclic) bond motifs is 2. The Kier molecular flexibility index (Phi) is 4.48. The summed E-state index contributed by atoms with van der Waals surface area (Å²) >= 11 is 1.34. The van der Waals surface area contributed by atoms with Crippen LogP contribution in [0.5, 0.6) is 5.19 Å². The number of ether oxygens (including phenoxy) is 2. The molecule has 2 aromatic carbocycles. The average molecular weight is 418 g/mol. The van der Waals surface area contributed by atoms with Crippen LogP contribution in [-0.4, -0.2) is 39.4 Å². The molecule has 0 spiro atoms. The van der Waals surface area contributed by atoms with Crippen molar-refractivity contribution in [2.24, 2.45) is 0 Å². The highest BCUT2D eigenvalue weighted by atomic mass is 32.1. The molecule has 3 heterocycles. The molecule has 3 aromatic heterocycles. The van der Waals surface area contributed by atoms with Crippen molar-refractivity contribution in [3.8, 4) is 16.5 Å². The number of carbonyl (C=O) groups is 1. The number of aromatic nitrogens is 4. The van der Waals surface area contributed by atoms with Gasteiger partial charge in [0.1, 0.15) is 5.69 Å². The van der Waals surface area contributed by atoms with Crippen molar-refractivity contribution in [3.63, 3.8) is 0 Å². The zero-order valence-corrected chi connectivity index (χ0v) is 17.2. The van der Waals surface area contributed by atoms with E-state index in [1.807, 2.05) is 65.4 Å². The monoisotopic (exact) mass is 418 g/mol. The summed E-state index contributed by atoms with van der Waals surface area (Å²) in [5, 5.41) is 5.82. The fourth-order valence-corrected chi connectivity index (χ4v) is 4.39. The van der Waals surface area contributed by atoms with Gasteiger partial charge in [0.05, 0.1) is 26.1 Å². The Morgan fingerprint density at radius 1 is 1.07 bits per heavy atom. The summed E-state index contributed by atoms with van der Waals surface area (Å²) in [6.07, 6.45) is 1.81. The number of benzene rings is 2. The molecule has 0 aliphatic carbocycles. The van der Waals surface area contributed by atoms with Crippen LogP contribution in [0.3, 0.4) is 0 Å². The van der Waals surface area contributed by atoms with Gasteiger partial charge in [0, 0.05) is 23.0 Å². The first-order chi connectivity index (χ1) is 14.7. The van der Waals surface area contributed by atoms with E-state index >= 15 is 0 Å². The normalized spacial score (nSPS) is 11.3. The molecule has 0 aliphatic rings. The lowest BCUT2D eigenvalue weighted by Gasteiger charge is -2.10. The summed E-state index contributed by atoms with van der Waals surface area (Å²) in [6, 6.07) is 18.0. The molecule has 0 bridgehead atoms. The van der Waals surface area contributed by atoms with Crippen LogP contribution in [0.1, 0.15) is 16.1 Å². The van der Waals surface area contributed by atoms with Gasteiger partial charge in [-0.2, -0.15) is 0 Å². The van der Waals surface area contributed by atoms with E-state index in [-0.39, 0.29) is 0 Å². The Labute approximate surface area is 176 Å². The second-order valence-electron chi connectivity index (χ2n) is 6.73. The molecule has 0 N–H and O–H groups in total. The molecule has 5 aromatic rings. The molecule has 0 aliphatic heterocycles. The number of rotatable bonds is 5. The maximum atomic E-state index is 12.9. The van der Waals surface area contributed by atoms with Gasteiger partial charge in [0.15, 0.2) is 0 Å². The first kappa shape index (κ1) is 18.4. The standard InChI is InChI=1S/C22H18N4O3S/c1-28-20(27)19-18(16-13-26-21(23-16)30-22(24-26)29-2)15-10-6-7-11-17(15)25(19)12-14-8-4-3-5-9-14/h3-11,13H,12H2,1-2H3. The van der Waals surface area contributed by atoms with E-state index in [2.05, 4.69) is 5.10 Å². The fourth-order valence-electron chi connectivity index (χ4n) is 3.69. The maximum Gasteiger partial charge on any atom is 0.355 e. The van der Waals surface area contributed by atoms with Crippen molar-refractivity contribution in [2.75, 3.05) is 14.2 Å². The molecule has 0 amide bonds. The molecule has 7 nitrogen and oxygen atoms in total. The molecule has 0 saturated carbocycles. The fraction of sp³-hybridized carbons (Fsp3) is 0.136. The largest absolute Gasteiger partial charge is 0.472 e. The molecule has 0 radical (unpaired) electrons. The van der Waals surface area contributed by atoms with Crippen molar-refractivity contribution >= 4 is 33.2 Å². The van der Waals surface area contributed by atoms with Crippen LogP contribution in [0.15, 0.2) is 60.8 Å². The van der Waals surface area contributed by atoms with Crippen LogP contribution in [0.2, 0.25) is 0 Å². The smallest absolute Gasteiger partial charge is 0.355 e. The Balaban J connectivity index is 1.77. The van der Waals surface area contributed by atoms with Gasteiger partial charge in [0.2, 0.25) is 4.96 Å². The second kappa shape index (κ2) is 7.31. The molecule has 0 unspecified atom stereocenters. The highest BCUT2D eigenvalue weighted by molar-refractivity contribution is 7.18. The number of esters is 1. The maximum absolute atomic E-state index is 12.9. The Hall–Kier alpha value is -3.65. The van der Waals surface area contributed by atoms with Crippen molar-refractivity contribution in [1.29, 1.82) is 0 Å². The van der Waals surface area contributed by atoms with E-state index in [1.54, 1.807) is 11.6 Å². The average Bonchev–Trinajstić information content (AvgIpc) is 3.44. The third-order valence-corrected chi connectivity index (χ3v) is 5.87. The van der Waals surface area contributed by atoms with Gasteiger partial charge in [0.25, 0.3) is 5.19 Å². The lowest BCUT2D eigenvalue weighted by molar-refractivity contribution is 0.0590. The van der Waals surface area contributed by atoms with Gasteiger partial charge >= 0.3 is 5.97 Å². The lowest BCUT2D eigenvalue weighted by Crippen LogP contribution is -2.12. The summed E-state index contributed by atoms with van der Waals surface area (Å²) in [4.78, 5) is 18.3. The SMILES string of the molecule is COC(=O)c1c(-c2cn3nc(OC)sc3n2)c2ccccc2n1Cc1ccccc1. The summed E-state index contributed by atoms with van der Waals surface area (Å²) in [5.74, 6) is -0.404. The molecular formula is C22H18N4O3S. The molecule has 0 atom stereocenters. The van der Waals surface area contributed by atoms with Crippen LogP contribution in [0.25, 0.3) is 27.1 Å². The topological polar surface area (TPSA) is 70.7 Å². The van der Waals surface area contributed by atoms with Gasteiger partial charge in [-0.1, -0.05) is 48.5 Å². The van der Waals surface area contributed by atoms with E-state index < -0.39 is 5.97 Å². The second-order valence-corrected chi connectivity index (χ2v) is 7.65. The zero-order chi connectivity index (χ0) is 20.7. The van der Waals surface area contributed by atoms with Crippen LogP contribution >= 0.6 is 11.3 Å². The molecule has 0 saturated heterocycles. The number of methoxy groups -OCH3 is 2. The van der Waals surface area contributed by atoms with Gasteiger partial charge in [-0.25, -0.2) is 14.3 Å². The predicted octanol–water partition coefficient (Wildman–Crippen LogP) is 4.26. The van der Waals surface area contributed by atoms with Crippen LogP contribution in [0, 0.1) is 0 Å². The van der Waals surface area contributed by atoms with Gasteiger partial charge in [-0.3, -0.25) is 0 Å². The minimum atomic E-state index is -0.404. The van der Waals surface area contributed by atoms with Crippen LogP contribution < -0.4 is 4.74 Å². The van der Waals surface area contributed by atoms with Crippen molar-refractivity contribution < 1.29 is 14.3 Å². The number of nitrogens with zero attached hydrogens (tertiary/aromatic N) is 4. The number of para-hydroxylation sites is 1. The zero-order valence-electron chi connectivity index (χ0n) is 16.4. The summed E-state index contributed by atoms with van der Waals surface area (Å²) in [7, 11) is 2.97. The summed E-state index contributed by atoms with van der Waals surface area (Å²) in [6.45, 7) is 0.542. The number of hydrogen-bond acceptors (Lipinski definition) is 6. The highest BCUT2D eigenvalue weighted by Crippen LogP contribution is 2.36. The van der Waals surface area contributed by atoms with Gasteiger partial charge < -0.3 is 14.0 Å². The van der Waals surface area contributed by atoms with Crippen LogP contribution in [0.4, 0.5) is 0 Å². The lowest BCUT2D eigenvalue weighted by atomic mass is 10.1. The molecule has 8 heteroatoms. The molecule has 30 heavy (non-hydrogen) atoms. The number of hydrogen-bond donors (Lipinski definition) is 0. The predicted molar refractivity (Wildman–Crippen MR) is 115 cm³/mol. The highest BCUT2D eigenvalue weighted by Gasteiger charge is 2.26. The van der Waals surface area contributed by atoms with Gasteiger partial charge in [-0.15, -0.1) is 5.10 Å². The first-order valence-electron chi connectivity index (χ1n) is 9.33. The first-order valence-corrected chi connectivity index (χ1v) is 10.1. The molecular weight excluding hydrogens is 400 g/mol. The third kappa shape index (κ3) is 2.93. The van der Waals surface area contributed by atoms with Crippen LogP contribution in [-0.2, 0) is 11.3 Å². The van der Waals surface area contributed by atoms with Gasteiger partial charge in [-0.05, 0) is 23.0 Å². The summed E-state index contributed by atoms with van der Waals surface area (Å²) < 4.78 is 14.0. The van der Waals surface area contributed by atoms with Crippen molar-refractivity contribution in [2.45, 2.75) is 6.54 Å². The van der Waals surface area contributed by atoms with E-state index in [4.69, 9.17) is 14.5 Å². The minimum absolute atomic E-state index is 0.404. The number of imidazole rings is 1. The van der Waals surface area contributed by atoms with E-state index in [9.17, 15) is 4.79 Å². The molecule has 5 rings (SSSR count).